The third-order valence-corrected chi connectivity index (χ3v) is 2.75. The Kier molecular flexibility index (Phi) is 3.69. The zero-order valence-corrected chi connectivity index (χ0v) is 9.57. The molecule has 1 atom stereocenters. The molecular formula is C11H18N4O. The van der Waals surface area contributed by atoms with E-state index in [1.165, 1.54) is 0 Å². The van der Waals surface area contributed by atoms with Crippen LogP contribution in [0.15, 0.2) is 6.07 Å². The molecule has 0 aromatic carbocycles. The van der Waals surface area contributed by atoms with Crippen molar-refractivity contribution in [3.63, 3.8) is 0 Å². The van der Waals surface area contributed by atoms with Gasteiger partial charge in [-0.3, -0.25) is 0 Å². The van der Waals surface area contributed by atoms with E-state index in [4.69, 9.17) is 10.6 Å². The summed E-state index contributed by atoms with van der Waals surface area (Å²) in [5.41, 5.74) is 3.65. The van der Waals surface area contributed by atoms with E-state index in [9.17, 15) is 0 Å². The van der Waals surface area contributed by atoms with Crippen LogP contribution in [0.3, 0.4) is 0 Å². The zero-order valence-electron chi connectivity index (χ0n) is 9.57. The first-order valence-electron chi connectivity index (χ1n) is 5.75. The van der Waals surface area contributed by atoms with Crippen LogP contribution in [0.5, 0.6) is 0 Å². The molecule has 1 fully saturated rings. The first kappa shape index (κ1) is 11.3. The normalized spacial score (nSPS) is 20.0. The molecule has 0 spiro atoms. The topological polar surface area (TPSA) is 73.1 Å². The summed E-state index contributed by atoms with van der Waals surface area (Å²) in [6.45, 7) is 3.66. The lowest BCUT2D eigenvalue weighted by Crippen LogP contribution is -2.13. The number of hydrogen-bond acceptors (Lipinski definition) is 5. The zero-order chi connectivity index (χ0) is 11.4. The molecule has 2 heterocycles. The van der Waals surface area contributed by atoms with E-state index in [-0.39, 0.29) is 0 Å². The van der Waals surface area contributed by atoms with Gasteiger partial charge >= 0.3 is 0 Å². The number of hydrogen-bond donors (Lipinski definition) is 2. The van der Waals surface area contributed by atoms with Crippen LogP contribution < -0.4 is 11.3 Å². The van der Waals surface area contributed by atoms with Gasteiger partial charge in [0.15, 0.2) is 0 Å². The third kappa shape index (κ3) is 2.48. The van der Waals surface area contributed by atoms with Gasteiger partial charge in [-0.05, 0) is 12.8 Å². The SMILES string of the molecule is CCCc1cc(NN)nc(C2CCOC2)n1. The molecule has 0 aliphatic carbocycles. The van der Waals surface area contributed by atoms with Gasteiger partial charge in [-0.25, -0.2) is 15.8 Å². The smallest absolute Gasteiger partial charge is 0.143 e. The first-order valence-corrected chi connectivity index (χ1v) is 5.75. The monoisotopic (exact) mass is 222 g/mol. The van der Waals surface area contributed by atoms with Gasteiger partial charge in [-0.15, -0.1) is 0 Å². The lowest BCUT2D eigenvalue weighted by molar-refractivity contribution is 0.193. The van der Waals surface area contributed by atoms with Crippen molar-refractivity contribution in [3.8, 4) is 0 Å². The molecule has 1 saturated heterocycles. The van der Waals surface area contributed by atoms with Crippen molar-refractivity contribution in [2.45, 2.75) is 32.1 Å². The number of nitrogens with zero attached hydrogens (tertiary/aromatic N) is 2. The van der Waals surface area contributed by atoms with Crippen LogP contribution in [-0.2, 0) is 11.2 Å². The minimum atomic E-state index is 0.323. The van der Waals surface area contributed by atoms with Crippen molar-refractivity contribution in [2.75, 3.05) is 18.6 Å². The second kappa shape index (κ2) is 5.23. The fourth-order valence-corrected chi connectivity index (χ4v) is 1.90. The van der Waals surface area contributed by atoms with Crippen LogP contribution in [0.25, 0.3) is 0 Å². The molecular weight excluding hydrogens is 204 g/mol. The van der Waals surface area contributed by atoms with Gasteiger partial charge in [-0.1, -0.05) is 13.3 Å². The fourth-order valence-electron chi connectivity index (χ4n) is 1.90. The van der Waals surface area contributed by atoms with Crippen molar-refractivity contribution >= 4 is 5.82 Å². The Bertz CT molecular complexity index is 350. The molecule has 5 heteroatoms. The molecule has 1 unspecified atom stereocenters. The van der Waals surface area contributed by atoms with Gasteiger partial charge in [0.1, 0.15) is 11.6 Å². The summed E-state index contributed by atoms with van der Waals surface area (Å²) in [5.74, 6) is 7.29. The number of nitrogen functional groups attached to an aromatic ring is 1. The summed E-state index contributed by atoms with van der Waals surface area (Å²) in [4.78, 5) is 8.96. The van der Waals surface area contributed by atoms with Gasteiger partial charge in [0.2, 0.25) is 0 Å². The predicted octanol–water partition coefficient (Wildman–Crippen LogP) is 1.22. The molecule has 2 rings (SSSR count). The molecule has 3 N–H and O–H groups in total. The molecule has 0 bridgehead atoms. The molecule has 0 amide bonds. The van der Waals surface area contributed by atoms with Gasteiger partial charge in [0, 0.05) is 24.3 Å². The second-order valence-electron chi connectivity index (χ2n) is 4.06. The largest absolute Gasteiger partial charge is 0.381 e. The van der Waals surface area contributed by atoms with E-state index in [1.807, 2.05) is 6.07 Å². The molecule has 1 aliphatic rings. The highest BCUT2D eigenvalue weighted by Crippen LogP contribution is 2.23. The summed E-state index contributed by atoms with van der Waals surface area (Å²) in [5, 5.41) is 0. The van der Waals surface area contributed by atoms with Crippen molar-refractivity contribution in [3.05, 3.63) is 17.6 Å². The number of aryl methyl sites for hydroxylation is 1. The molecule has 0 saturated carbocycles. The maximum absolute atomic E-state index is 5.41. The number of anilines is 1. The summed E-state index contributed by atoms with van der Waals surface area (Å²) >= 11 is 0. The Labute approximate surface area is 95.4 Å². The van der Waals surface area contributed by atoms with Gasteiger partial charge < -0.3 is 10.2 Å². The van der Waals surface area contributed by atoms with E-state index in [0.717, 1.165) is 44.0 Å². The second-order valence-corrected chi connectivity index (χ2v) is 4.06. The van der Waals surface area contributed by atoms with Crippen LogP contribution in [0.1, 0.15) is 37.2 Å². The van der Waals surface area contributed by atoms with Crippen molar-refractivity contribution in [1.29, 1.82) is 0 Å². The van der Waals surface area contributed by atoms with Crippen LogP contribution in [0, 0.1) is 0 Å². The standard InChI is InChI=1S/C11H18N4O/c1-2-3-9-6-10(15-12)14-11(13-9)8-4-5-16-7-8/h6,8H,2-5,7,12H2,1H3,(H,13,14,15). The van der Waals surface area contributed by atoms with Crippen molar-refractivity contribution < 1.29 is 4.74 Å². The molecule has 16 heavy (non-hydrogen) atoms. The van der Waals surface area contributed by atoms with Crippen LogP contribution in [0.2, 0.25) is 0 Å². The van der Waals surface area contributed by atoms with Gasteiger partial charge in [-0.2, -0.15) is 0 Å². The van der Waals surface area contributed by atoms with Crippen molar-refractivity contribution in [2.24, 2.45) is 5.84 Å². The average Bonchev–Trinajstić information content (AvgIpc) is 2.82. The minimum Gasteiger partial charge on any atom is -0.381 e. The molecule has 1 aliphatic heterocycles. The van der Waals surface area contributed by atoms with E-state index in [2.05, 4.69) is 22.3 Å². The molecule has 0 radical (unpaired) electrons. The molecule has 88 valence electrons. The predicted molar refractivity (Wildman–Crippen MR) is 62.0 cm³/mol. The van der Waals surface area contributed by atoms with E-state index >= 15 is 0 Å². The summed E-state index contributed by atoms with van der Waals surface area (Å²) < 4.78 is 5.35. The highest BCUT2D eigenvalue weighted by atomic mass is 16.5. The molecule has 1 aromatic rings. The molecule has 1 aromatic heterocycles. The van der Waals surface area contributed by atoms with Crippen molar-refractivity contribution in [1.82, 2.24) is 9.97 Å². The van der Waals surface area contributed by atoms with E-state index in [0.29, 0.717) is 11.7 Å². The summed E-state index contributed by atoms with van der Waals surface area (Å²) in [7, 11) is 0. The minimum absolute atomic E-state index is 0.323. The Hall–Kier alpha value is -1.20. The first-order chi connectivity index (χ1) is 7.83. The highest BCUT2D eigenvalue weighted by molar-refractivity contribution is 5.35. The molecule has 5 nitrogen and oxygen atoms in total. The number of rotatable bonds is 4. The maximum atomic E-state index is 5.41. The third-order valence-electron chi connectivity index (χ3n) is 2.75. The van der Waals surface area contributed by atoms with Gasteiger partial charge in [0.05, 0.1) is 6.61 Å². The van der Waals surface area contributed by atoms with Gasteiger partial charge in [0.25, 0.3) is 0 Å². The number of nitrogens with two attached hydrogens (primary N) is 1. The van der Waals surface area contributed by atoms with Crippen LogP contribution in [-0.4, -0.2) is 23.2 Å². The number of ether oxygens (including phenoxy) is 1. The average molecular weight is 222 g/mol. The Morgan fingerprint density at radius 2 is 2.44 bits per heavy atom. The summed E-state index contributed by atoms with van der Waals surface area (Å²) in [6, 6.07) is 1.91. The number of aromatic nitrogens is 2. The Morgan fingerprint density at radius 3 is 3.06 bits per heavy atom. The Balaban J connectivity index is 2.24. The highest BCUT2D eigenvalue weighted by Gasteiger charge is 2.21. The fraction of sp³-hybridized carbons (Fsp3) is 0.636. The summed E-state index contributed by atoms with van der Waals surface area (Å²) in [6.07, 6.45) is 3.03. The quantitative estimate of drug-likeness (QED) is 0.592. The van der Waals surface area contributed by atoms with Crippen LogP contribution >= 0.6 is 0 Å². The maximum Gasteiger partial charge on any atom is 0.143 e. The number of nitrogens with one attached hydrogen (secondary N) is 1. The van der Waals surface area contributed by atoms with E-state index < -0.39 is 0 Å². The van der Waals surface area contributed by atoms with Crippen LogP contribution in [0.4, 0.5) is 5.82 Å². The lowest BCUT2D eigenvalue weighted by atomic mass is 10.1. The lowest BCUT2D eigenvalue weighted by Gasteiger charge is -2.10. The number of hydrazine groups is 1. The van der Waals surface area contributed by atoms with E-state index in [1.54, 1.807) is 0 Å². The Morgan fingerprint density at radius 1 is 1.56 bits per heavy atom.